The number of rotatable bonds is 7. The Labute approximate surface area is 175 Å². The quantitative estimate of drug-likeness (QED) is 0.324. The molecular weight excluding hydrogens is 432 g/mol. The van der Waals surface area contributed by atoms with E-state index in [1.165, 1.54) is 40.2 Å². The number of nitrogens with two attached hydrogens (primary N) is 1. The van der Waals surface area contributed by atoms with Gasteiger partial charge in [0.15, 0.2) is 5.16 Å². The first-order valence-electron chi connectivity index (χ1n) is 8.40. The molecule has 0 aliphatic heterocycles. The molecule has 0 fully saturated rings. The third kappa shape index (κ3) is 4.75. The normalized spacial score (nSPS) is 12.6. The number of carbonyl (C=O) groups is 1. The predicted octanol–water partition coefficient (Wildman–Crippen LogP) is 2.41. The number of carbonyl (C=O) groups excluding carboxylic acids is 1. The van der Waals surface area contributed by atoms with Crippen LogP contribution in [0.5, 0.6) is 0 Å². The van der Waals surface area contributed by atoms with E-state index < -0.39 is 15.3 Å². The van der Waals surface area contributed by atoms with Crippen LogP contribution < -0.4 is 16.0 Å². The van der Waals surface area contributed by atoms with Crippen molar-refractivity contribution in [1.82, 2.24) is 9.55 Å². The Balaban J connectivity index is 1.80. The zero-order valence-corrected chi connectivity index (χ0v) is 17.8. The molecule has 1 atom stereocenters. The summed E-state index contributed by atoms with van der Waals surface area (Å²) >= 11 is 2.48. The number of fused-ring (bicyclic) bond motifs is 1. The molecular formula is C18H18N4O4S3. The van der Waals surface area contributed by atoms with Crippen LogP contribution in [0, 0.1) is 0 Å². The molecule has 0 aliphatic carbocycles. The molecule has 0 saturated heterocycles. The highest BCUT2D eigenvalue weighted by Gasteiger charge is 2.20. The van der Waals surface area contributed by atoms with Crippen LogP contribution in [-0.2, 0) is 21.4 Å². The number of hydrogen-bond acceptors (Lipinski definition) is 7. The largest absolute Gasteiger partial charge is 0.325 e. The lowest BCUT2D eigenvalue weighted by atomic mass is 10.3. The number of hydrogen-bond donors (Lipinski definition) is 2. The molecule has 29 heavy (non-hydrogen) atoms. The minimum atomic E-state index is -3.80. The smallest absolute Gasteiger partial charge is 0.272 e. The molecule has 1 amide bonds. The Bertz CT molecular complexity index is 1230. The van der Waals surface area contributed by atoms with Crippen molar-refractivity contribution in [1.29, 1.82) is 0 Å². The minimum absolute atomic E-state index is 0.0420. The molecule has 3 N–H and O–H groups in total. The summed E-state index contributed by atoms with van der Waals surface area (Å²) in [5, 5.41) is 9.44. The third-order valence-electron chi connectivity index (χ3n) is 3.94. The van der Waals surface area contributed by atoms with Gasteiger partial charge >= 0.3 is 0 Å². The maximum absolute atomic E-state index is 12.7. The Kier molecular flexibility index (Phi) is 6.22. The monoisotopic (exact) mass is 450 g/mol. The van der Waals surface area contributed by atoms with Gasteiger partial charge in [0.05, 0.1) is 15.7 Å². The van der Waals surface area contributed by atoms with E-state index >= 15 is 0 Å². The lowest BCUT2D eigenvalue weighted by Gasteiger charge is -2.15. The molecule has 0 unspecified atom stereocenters. The lowest BCUT2D eigenvalue weighted by molar-refractivity contribution is -0.115. The van der Waals surface area contributed by atoms with Gasteiger partial charge in [0.25, 0.3) is 5.56 Å². The van der Waals surface area contributed by atoms with Gasteiger partial charge in [-0.2, -0.15) is 0 Å². The fourth-order valence-corrected chi connectivity index (χ4v) is 4.70. The SMILES string of the molecule is C=CCn1c(S[C@H](C)C(=O)Nc2ccc(S(N)(=O)=O)cc2)nc2ccsc2c1=O. The fraction of sp³-hybridized carbons (Fsp3) is 0.167. The Morgan fingerprint density at radius 2 is 2.07 bits per heavy atom. The van der Waals surface area contributed by atoms with E-state index in [9.17, 15) is 18.0 Å². The Morgan fingerprint density at radius 3 is 2.69 bits per heavy atom. The first-order valence-corrected chi connectivity index (χ1v) is 11.7. The number of nitrogens with one attached hydrogen (secondary N) is 1. The van der Waals surface area contributed by atoms with E-state index in [1.807, 2.05) is 0 Å². The van der Waals surface area contributed by atoms with Crippen molar-refractivity contribution in [3.8, 4) is 0 Å². The zero-order chi connectivity index (χ0) is 21.2. The topological polar surface area (TPSA) is 124 Å². The van der Waals surface area contributed by atoms with Gasteiger partial charge in [0.2, 0.25) is 15.9 Å². The Hall–Kier alpha value is -2.47. The van der Waals surface area contributed by atoms with E-state index in [4.69, 9.17) is 5.14 Å². The summed E-state index contributed by atoms with van der Waals surface area (Å²) in [7, 11) is -3.80. The van der Waals surface area contributed by atoms with E-state index in [0.29, 0.717) is 21.1 Å². The van der Waals surface area contributed by atoms with Crippen LogP contribution in [0.1, 0.15) is 6.92 Å². The summed E-state index contributed by atoms with van der Waals surface area (Å²) in [6.07, 6.45) is 1.60. The highest BCUT2D eigenvalue weighted by atomic mass is 32.2. The molecule has 152 valence electrons. The van der Waals surface area contributed by atoms with E-state index in [1.54, 1.807) is 24.4 Å². The molecule has 0 radical (unpaired) electrons. The number of anilines is 1. The molecule has 0 spiro atoms. The average Bonchev–Trinajstić information content (AvgIpc) is 3.13. The molecule has 3 rings (SSSR count). The maximum Gasteiger partial charge on any atom is 0.272 e. The Morgan fingerprint density at radius 1 is 1.38 bits per heavy atom. The van der Waals surface area contributed by atoms with Gasteiger partial charge in [-0.3, -0.25) is 14.2 Å². The van der Waals surface area contributed by atoms with Crippen LogP contribution >= 0.6 is 23.1 Å². The number of nitrogens with zero attached hydrogens (tertiary/aromatic N) is 2. The number of sulfonamides is 1. The first-order chi connectivity index (χ1) is 13.7. The summed E-state index contributed by atoms with van der Waals surface area (Å²) in [5.41, 5.74) is 0.854. The van der Waals surface area contributed by atoms with Gasteiger partial charge in [0, 0.05) is 12.2 Å². The standard InChI is InChI=1S/C18H18N4O4S3/c1-3-9-22-17(24)15-14(8-10-27-15)21-18(22)28-11(2)16(23)20-12-4-6-13(7-5-12)29(19,25)26/h3-8,10-11H,1,9H2,2H3,(H,20,23)(H2,19,25,26)/t11-/m1/s1. The molecule has 0 aliphatic rings. The second kappa shape index (κ2) is 8.49. The number of thioether (sulfide) groups is 1. The average molecular weight is 451 g/mol. The molecule has 8 nitrogen and oxygen atoms in total. The summed E-state index contributed by atoms with van der Waals surface area (Å²) in [6.45, 7) is 5.65. The number of aromatic nitrogens is 2. The lowest BCUT2D eigenvalue weighted by Crippen LogP contribution is -2.26. The van der Waals surface area contributed by atoms with Gasteiger partial charge in [-0.1, -0.05) is 17.8 Å². The van der Waals surface area contributed by atoms with Gasteiger partial charge in [-0.25, -0.2) is 18.5 Å². The second-order valence-electron chi connectivity index (χ2n) is 6.05. The second-order valence-corrected chi connectivity index (χ2v) is 9.84. The molecule has 2 heterocycles. The molecule has 3 aromatic rings. The highest BCUT2D eigenvalue weighted by Crippen LogP contribution is 2.25. The van der Waals surface area contributed by atoms with E-state index in [2.05, 4.69) is 16.9 Å². The first kappa shape index (κ1) is 21.2. The number of thiophene rings is 1. The minimum Gasteiger partial charge on any atom is -0.325 e. The molecule has 11 heteroatoms. The zero-order valence-electron chi connectivity index (χ0n) is 15.4. The summed E-state index contributed by atoms with van der Waals surface area (Å²) in [5.74, 6) is -0.317. The summed E-state index contributed by atoms with van der Waals surface area (Å²) in [6, 6.07) is 7.31. The van der Waals surface area contributed by atoms with Crippen molar-refractivity contribution < 1.29 is 13.2 Å². The van der Waals surface area contributed by atoms with Crippen molar-refractivity contribution in [3.05, 3.63) is 58.7 Å². The van der Waals surface area contributed by atoms with Gasteiger partial charge in [-0.05, 0) is 42.6 Å². The number of primary sulfonamides is 1. The van der Waals surface area contributed by atoms with E-state index in [0.717, 1.165) is 11.8 Å². The highest BCUT2D eigenvalue weighted by molar-refractivity contribution is 8.00. The molecule has 0 bridgehead atoms. The number of allylic oxidation sites excluding steroid dienone is 1. The van der Waals surface area contributed by atoms with Crippen molar-refractivity contribution in [2.24, 2.45) is 5.14 Å². The van der Waals surface area contributed by atoms with Gasteiger partial charge in [0.1, 0.15) is 4.70 Å². The number of benzene rings is 1. The van der Waals surface area contributed by atoms with Crippen molar-refractivity contribution in [2.45, 2.75) is 28.8 Å². The van der Waals surface area contributed by atoms with Crippen LogP contribution in [0.3, 0.4) is 0 Å². The summed E-state index contributed by atoms with van der Waals surface area (Å²) < 4.78 is 24.7. The maximum atomic E-state index is 12.7. The molecule has 2 aromatic heterocycles. The van der Waals surface area contributed by atoms with Crippen LogP contribution in [0.2, 0.25) is 0 Å². The van der Waals surface area contributed by atoms with E-state index in [-0.39, 0.29) is 22.9 Å². The van der Waals surface area contributed by atoms with Crippen LogP contribution in [0.25, 0.3) is 10.2 Å². The third-order valence-corrected chi connectivity index (χ3v) is 6.86. The van der Waals surface area contributed by atoms with Gasteiger partial charge in [-0.15, -0.1) is 17.9 Å². The van der Waals surface area contributed by atoms with Crippen LogP contribution in [-0.4, -0.2) is 29.1 Å². The van der Waals surface area contributed by atoms with Crippen molar-refractivity contribution >= 4 is 54.9 Å². The van der Waals surface area contributed by atoms with Crippen molar-refractivity contribution in [3.63, 3.8) is 0 Å². The molecule has 0 saturated carbocycles. The van der Waals surface area contributed by atoms with Crippen molar-refractivity contribution in [2.75, 3.05) is 5.32 Å². The predicted molar refractivity (Wildman–Crippen MR) is 116 cm³/mol. The summed E-state index contributed by atoms with van der Waals surface area (Å²) in [4.78, 5) is 29.7. The van der Waals surface area contributed by atoms with Gasteiger partial charge < -0.3 is 5.32 Å². The molecule has 1 aromatic carbocycles. The fourth-order valence-electron chi connectivity index (χ4n) is 2.49. The van der Waals surface area contributed by atoms with Crippen LogP contribution in [0.4, 0.5) is 5.69 Å². The van der Waals surface area contributed by atoms with Crippen LogP contribution in [0.15, 0.2) is 63.2 Å². The number of amides is 1.